The van der Waals surface area contributed by atoms with Gasteiger partial charge in [-0.3, -0.25) is 0 Å². The van der Waals surface area contributed by atoms with Crippen LogP contribution in [0.3, 0.4) is 0 Å². The molecule has 2 rings (SSSR count). The van der Waals surface area contributed by atoms with E-state index in [1.807, 2.05) is 6.07 Å². The van der Waals surface area contributed by atoms with Crippen LogP contribution in [0.1, 0.15) is 23.0 Å². The Balaban J connectivity index is 2.53. The molecule has 0 saturated carbocycles. The molecule has 6 nitrogen and oxygen atoms in total. The van der Waals surface area contributed by atoms with E-state index in [4.69, 9.17) is 15.7 Å². The van der Waals surface area contributed by atoms with Gasteiger partial charge < -0.3 is 10.5 Å². The van der Waals surface area contributed by atoms with Crippen molar-refractivity contribution in [3.8, 4) is 11.8 Å². The standard InChI is InChI=1S/C13H11BrN4O2/c1-2-20-13(19)11-10(16)12(14)17-18(11)9-5-3-8(7-15)4-6-9/h3-6H,2,16H2,1H3. The molecule has 0 aliphatic carbocycles. The van der Waals surface area contributed by atoms with Crippen molar-refractivity contribution in [2.24, 2.45) is 0 Å². The summed E-state index contributed by atoms with van der Waals surface area (Å²) in [6.45, 7) is 1.96. The molecule has 0 spiro atoms. The summed E-state index contributed by atoms with van der Waals surface area (Å²) < 4.78 is 6.73. The van der Waals surface area contributed by atoms with Gasteiger partial charge in [0.25, 0.3) is 0 Å². The molecule has 0 unspecified atom stereocenters. The highest BCUT2D eigenvalue weighted by Gasteiger charge is 2.22. The van der Waals surface area contributed by atoms with Gasteiger partial charge in [-0.05, 0) is 47.1 Å². The summed E-state index contributed by atoms with van der Waals surface area (Å²) in [4.78, 5) is 12.0. The predicted molar refractivity (Wildman–Crippen MR) is 76.3 cm³/mol. The minimum atomic E-state index is -0.549. The van der Waals surface area contributed by atoms with E-state index in [0.29, 0.717) is 15.9 Å². The second-order valence-electron chi connectivity index (χ2n) is 3.84. The van der Waals surface area contributed by atoms with Gasteiger partial charge >= 0.3 is 5.97 Å². The van der Waals surface area contributed by atoms with E-state index in [1.165, 1.54) is 4.68 Å². The third kappa shape index (κ3) is 2.51. The van der Waals surface area contributed by atoms with E-state index in [2.05, 4.69) is 21.0 Å². The van der Waals surface area contributed by atoms with Crippen LogP contribution in [0, 0.1) is 11.3 Å². The third-order valence-corrected chi connectivity index (χ3v) is 3.17. The first kappa shape index (κ1) is 14.1. The molecule has 0 fully saturated rings. The first-order valence-corrected chi connectivity index (χ1v) is 6.59. The van der Waals surface area contributed by atoms with Gasteiger partial charge in [0, 0.05) is 0 Å². The maximum atomic E-state index is 12.0. The van der Waals surface area contributed by atoms with Crippen molar-refractivity contribution in [1.29, 1.82) is 5.26 Å². The number of esters is 1. The zero-order valence-corrected chi connectivity index (χ0v) is 12.2. The zero-order chi connectivity index (χ0) is 14.7. The maximum absolute atomic E-state index is 12.0. The van der Waals surface area contributed by atoms with Gasteiger partial charge in [0.15, 0.2) is 10.3 Å². The minimum absolute atomic E-state index is 0.156. The van der Waals surface area contributed by atoms with Crippen molar-refractivity contribution >= 4 is 27.6 Å². The Labute approximate surface area is 123 Å². The molecule has 1 aromatic heterocycles. The highest BCUT2D eigenvalue weighted by molar-refractivity contribution is 9.10. The van der Waals surface area contributed by atoms with Crippen molar-refractivity contribution in [3.63, 3.8) is 0 Å². The van der Waals surface area contributed by atoms with Gasteiger partial charge in [-0.25, -0.2) is 9.48 Å². The van der Waals surface area contributed by atoms with Crippen molar-refractivity contribution in [2.75, 3.05) is 12.3 Å². The SMILES string of the molecule is CCOC(=O)c1c(N)c(Br)nn1-c1ccc(C#N)cc1. The molecule has 0 saturated heterocycles. The van der Waals surface area contributed by atoms with E-state index in [0.717, 1.165) is 0 Å². The number of nitriles is 1. The highest BCUT2D eigenvalue weighted by atomic mass is 79.9. The average molecular weight is 335 g/mol. The van der Waals surface area contributed by atoms with Crippen LogP contribution < -0.4 is 5.73 Å². The number of nitrogens with two attached hydrogens (primary N) is 1. The van der Waals surface area contributed by atoms with E-state index in [1.54, 1.807) is 31.2 Å². The number of halogens is 1. The lowest BCUT2D eigenvalue weighted by atomic mass is 10.2. The van der Waals surface area contributed by atoms with Crippen molar-refractivity contribution < 1.29 is 9.53 Å². The van der Waals surface area contributed by atoms with Gasteiger partial charge in [0.05, 0.1) is 23.9 Å². The number of ether oxygens (including phenoxy) is 1. The summed E-state index contributed by atoms with van der Waals surface area (Å²) in [5, 5.41) is 12.9. The summed E-state index contributed by atoms with van der Waals surface area (Å²) in [5.74, 6) is -0.549. The molecule has 7 heteroatoms. The van der Waals surface area contributed by atoms with Gasteiger partial charge in [0.2, 0.25) is 0 Å². The molecule has 0 aliphatic heterocycles. The van der Waals surface area contributed by atoms with Gasteiger partial charge in [-0.1, -0.05) is 0 Å². The van der Waals surface area contributed by atoms with Crippen molar-refractivity contribution in [3.05, 3.63) is 40.1 Å². The largest absolute Gasteiger partial charge is 0.461 e. The van der Waals surface area contributed by atoms with Crippen LogP contribution in [-0.2, 0) is 4.74 Å². The normalized spacial score (nSPS) is 10.1. The fourth-order valence-electron chi connectivity index (χ4n) is 1.66. The van der Waals surface area contributed by atoms with Crippen molar-refractivity contribution in [1.82, 2.24) is 9.78 Å². The monoisotopic (exact) mass is 334 g/mol. The van der Waals surface area contributed by atoms with Crippen LogP contribution >= 0.6 is 15.9 Å². The summed E-state index contributed by atoms with van der Waals surface area (Å²) >= 11 is 3.19. The highest BCUT2D eigenvalue weighted by Crippen LogP contribution is 2.26. The van der Waals surface area contributed by atoms with Crippen molar-refractivity contribution in [2.45, 2.75) is 6.92 Å². The van der Waals surface area contributed by atoms with E-state index < -0.39 is 5.97 Å². The molecule has 0 atom stereocenters. The van der Waals surface area contributed by atoms with Gasteiger partial charge in [-0.2, -0.15) is 10.4 Å². The summed E-state index contributed by atoms with van der Waals surface area (Å²) in [6.07, 6.45) is 0. The Morgan fingerprint density at radius 2 is 2.15 bits per heavy atom. The zero-order valence-electron chi connectivity index (χ0n) is 10.6. The topological polar surface area (TPSA) is 93.9 Å². The number of nitrogens with zero attached hydrogens (tertiary/aromatic N) is 3. The lowest BCUT2D eigenvalue weighted by Crippen LogP contribution is -2.13. The first-order chi connectivity index (χ1) is 9.58. The van der Waals surface area contributed by atoms with Gasteiger partial charge in [0.1, 0.15) is 5.69 Å². The lowest BCUT2D eigenvalue weighted by Gasteiger charge is -2.07. The molecule has 0 radical (unpaired) electrons. The Hall–Kier alpha value is -2.33. The number of aromatic nitrogens is 2. The van der Waals surface area contributed by atoms with Crippen LogP contribution in [0.4, 0.5) is 5.69 Å². The number of nitrogen functional groups attached to an aromatic ring is 1. The lowest BCUT2D eigenvalue weighted by molar-refractivity contribution is 0.0517. The number of benzene rings is 1. The summed E-state index contributed by atoms with van der Waals surface area (Å²) in [5.41, 5.74) is 7.35. The third-order valence-electron chi connectivity index (χ3n) is 2.59. The number of rotatable bonds is 3. The first-order valence-electron chi connectivity index (χ1n) is 5.80. The smallest absolute Gasteiger partial charge is 0.359 e. The number of anilines is 1. The van der Waals surface area contributed by atoms with E-state index in [9.17, 15) is 4.79 Å². The van der Waals surface area contributed by atoms with Gasteiger partial charge in [-0.15, -0.1) is 0 Å². The Bertz CT molecular complexity index is 686. The predicted octanol–water partition coefficient (Wildman–Crippen LogP) is 2.27. The van der Waals surface area contributed by atoms with Crippen LogP contribution in [0.5, 0.6) is 0 Å². The molecule has 2 N–H and O–H groups in total. The molecule has 1 aromatic carbocycles. The molecular formula is C13H11BrN4O2. The van der Waals surface area contributed by atoms with Crippen LogP contribution in [0.15, 0.2) is 28.9 Å². The Kier molecular flexibility index (Phi) is 4.05. The molecule has 0 aliphatic rings. The fourth-order valence-corrected chi connectivity index (χ4v) is 2.01. The second-order valence-corrected chi connectivity index (χ2v) is 4.60. The molecular weight excluding hydrogens is 324 g/mol. The second kappa shape index (κ2) is 5.75. The molecule has 0 bridgehead atoms. The minimum Gasteiger partial charge on any atom is -0.461 e. The molecule has 20 heavy (non-hydrogen) atoms. The number of hydrogen-bond donors (Lipinski definition) is 1. The molecule has 102 valence electrons. The Morgan fingerprint density at radius 3 is 2.70 bits per heavy atom. The van der Waals surface area contributed by atoms with Crippen LogP contribution in [0.2, 0.25) is 0 Å². The number of carbonyl (C=O) groups is 1. The average Bonchev–Trinajstić information content (AvgIpc) is 2.75. The molecule has 1 heterocycles. The van der Waals surface area contributed by atoms with E-state index >= 15 is 0 Å². The van der Waals surface area contributed by atoms with E-state index in [-0.39, 0.29) is 18.0 Å². The summed E-state index contributed by atoms with van der Waals surface area (Å²) in [6, 6.07) is 8.66. The summed E-state index contributed by atoms with van der Waals surface area (Å²) in [7, 11) is 0. The quantitative estimate of drug-likeness (QED) is 0.869. The number of carbonyl (C=O) groups excluding carboxylic acids is 1. The van der Waals surface area contributed by atoms with Crippen LogP contribution in [0.25, 0.3) is 5.69 Å². The number of hydrogen-bond acceptors (Lipinski definition) is 5. The fraction of sp³-hybridized carbons (Fsp3) is 0.154. The molecule has 2 aromatic rings. The van der Waals surface area contributed by atoms with Crippen LogP contribution in [-0.4, -0.2) is 22.4 Å². The maximum Gasteiger partial charge on any atom is 0.359 e. The molecule has 0 amide bonds. The Morgan fingerprint density at radius 1 is 1.50 bits per heavy atom.